The molecular formula is C67H44N2. The van der Waals surface area contributed by atoms with Crippen LogP contribution in [-0.2, 0) is 5.41 Å². The zero-order valence-electron chi connectivity index (χ0n) is 37.8. The Morgan fingerprint density at radius 3 is 1.36 bits per heavy atom. The van der Waals surface area contributed by atoms with E-state index in [2.05, 4.69) is 276 Å². The number of aromatic nitrogens is 1. The minimum Gasteiger partial charge on any atom is -0.310 e. The first-order chi connectivity index (χ1) is 34.3. The molecule has 0 N–H and O–H groups in total. The quantitative estimate of drug-likeness (QED) is 0.155. The van der Waals surface area contributed by atoms with Crippen molar-refractivity contribution in [3.8, 4) is 61.3 Å². The summed E-state index contributed by atoms with van der Waals surface area (Å²) in [6.07, 6.45) is 0. The van der Waals surface area contributed by atoms with Crippen LogP contribution in [0.1, 0.15) is 22.3 Å². The zero-order valence-corrected chi connectivity index (χ0v) is 37.8. The van der Waals surface area contributed by atoms with Crippen molar-refractivity contribution in [2.45, 2.75) is 5.41 Å². The summed E-state index contributed by atoms with van der Waals surface area (Å²) in [5.74, 6) is 0. The van der Waals surface area contributed by atoms with Crippen LogP contribution in [0, 0.1) is 0 Å². The molecule has 14 rings (SSSR count). The Hall–Kier alpha value is -8.98. The Kier molecular flexibility index (Phi) is 8.84. The predicted molar refractivity (Wildman–Crippen MR) is 288 cm³/mol. The van der Waals surface area contributed by atoms with Gasteiger partial charge in [-0.15, -0.1) is 0 Å². The van der Waals surface area contributed by atoms with E-state index in [-0.39, 0.29) is 0 Å². The maximum absolute atomic E-state index is 2.52. The molecule has 11 aromatic carbocycles. The lowest BCUT2D eigenvalue weighted by molar-refractivity contribution is 0.793. The highest BCUT2D eigenvalue weighted by molar-refractivity contribution is 6.11. The SMILES string of the molecule is c1ccc(-c2ccccc2-c2ccccc2-c2ccccc2N(c2ccc3c(c2)C2(c4ccccc4-c4ccccc42)c2ccccc2-3)c2ccc3c(c2)c2ccccc2n3-c2ccccc2)cc1. The molecule has 1 heterocycles. The second-order valence-electron chi connectivity index (χ2n) is 18.3. The van der Waals surface area contributed by atoms with Crippen LogP contribution in [-0.4, -0.2) is 4.57 Å². The van der Waals surface area contributed by atoms with Crippen LogP contribution in [0.2, 0.25) is 0 Å². The first-order valence-corrected chi connectivity index (χ1v) is 23.9. The smallest absolute Gasteiger partial charge is 0.0726 e. The van der Waals surface area contributed by atoms with Gasteiger partial charge in [-0.2, -0.15) is 0 Å². The fourth-order valence-electron chi connectivity index (χ4n) is 12.0. The molecule has 2 aliphatic rings. The van der Waals surface area contributed by atoms with Gasteiger partial charge in [0.05, 0.1) is 22.1 Å². The molecule has 0 amide bonds. The first-order valence-electron chi connectivity index (χ1n) is 23.9. The molecule has 0 saturated carbocycles. The minimum absolute atomic E-state index is 0.485. The summed E-state index contributed by atoms with van der Waals surface area (Å²) in [6.45, 7) is 0. The van der Waals surface area contributed by atoms with E-state index in [1.807, 2.05) is 0 Å². The van der Waals surface area contributed by atoms with E-state index in [0.29, 0.717) is 0 Å². The number of rotatable bonds is 7. The summed E-state index contributed by atoms with van der Waals surface area (Å²) in [6, 6.07) is 98.7. The Bertz CT molecular complexity index is 3910. The van der Waals surface area contributed by atoms with E-state index in [1.165, 1.54) is 94.1 Å². The van der Waals surface area contributed by atoms with E-state index in [4.69, 9.17) is 0 Å². The number of para-hydroxylation sites is 3. The molecule has 69 heavy (non-hydrogen) atoms. The first kappa shape index (κ1) is 39.2. The van der Waals surface area contributed by atoms with Gasteiger partial charge in [0.2, 0.25) is 0 Å². The molecule has 1 spiro atoms. The van der Waals surface area contributed by atoms with Crippen molar-refractivity contribution in [1.82, 2.24) is 4.57 Å². The van der Waals surface area contributed by atoms with Crippen molar-refractivity contribution in [1.29, 1.82) is 0 Å². The molecule has 0 unspecified atom stereocenters. The van der Waals surface area contributed by atoms with Crippen LogP contribution >= 0.6 is 0 Å². The molecule has 0 saturated heterocycles. The Balaban J connectivity index is 1.05. The Morgan fingerprint density at radius 2 is 0.710 bits per heavy atom. The van der Waals surface area contributed by atoms with Gasteiger partial charge in [-0.3, -0.25) is 0 Å². The second-order valence-corrected chi connectivity index (χ2v) is 18.3. The van der Waals surface area contributed by atoms with Crippen molar-refractivity contribution in [3.63, 3.8) is 0 Å². The monoisotopic (exact) mass is 876 g/mol. The normalized spacial score (nSPS) is 12.8. The summed E-state index contributed by atoms with van der Waals surface area (Å²) in [5.41, 5.74) is 23.9. The van der Waals surface area contributed by atoms with E-state index in [9.17, 15) is 0 Å². The van der Waals surface area contributed by atoms with E-state index >= 15 is 0 Å². The summed E-state index contributed by atoms with van der Waals surface area (Å²) in [4.78, 5) is 2.52. The summed E-state index contributed by atoms with van der Waals surface area (Å²) >= 11 is 0. The third-order valence-corrected chi connectivity index (χ3v) is 14.8. The van der Waals surface area contributed by atoms with Crippen molar-refractivity contribution in [2.24, 2.45) is 0 Å². The highest BCUT2D eigenvalue weighted by atomic mass is 15.1. The number of hydrogen-bond donors (Lipinski definition) is 0. The third-order valence-electron chi connectivity index (χ3n) is 14.8. The fourth-order valence-corrected chi connectivity index (χ4v) is 12.0. The van der Waals surface area contributed by atoms with Gasteiger partial charge in [0.25, 0.3) is 0 Å². The number of nitrogens with zero attached hydrogens (tertiary/aromatic N) is 2. The number of hydrogen-bond acceptors (Lipinski definition) is 1. The molecule has 0 radical (unpaired) electrons. The maximum Gasteiger partial charge on any atom is 0.0726 e. The molecule has 0 bridgehead atoms. The van der Waals surface area contributed by atoms with Gasteiger partial charge in [0.15, 0.2) is 0 Å². The molecule has 0 aliphatic heterocycles. The average Bonchev–Trinajstić information content (AvgIpc) is 4.03. The summed E-state index contributed by atoms with van der Waals surface area (Å²) in [5, 5.41) is 2.42. The third kappa shape index (κ3) is 5.79. The van der Waals surface area contributed by atoms with Crippen molar-refractivity contribution in [2.75, 3.05) is 4.90 Å². The topological polar surface area (TPSA) is 8.17 Å². The number of benzene rings is 11. The fraction of sp³-hybridized carbons (Fsp3) is 0.0149. The van der Waals surface area contributed by atoms with E-state index in [0.717, 1.165) is 28.3 Å². The standard InChI is InChI=1S/C67H44N2/c1-3-21-45(22-4-1)49-25-7-8-26-50(49)51-27-9-10-28-52(51)57-32-14-19-37-64(57)68(47-40-42-66-59(43-47)58-33-15-20-38-65(58)69(66)46-23-5-2-6-24-46)48-39-41-56-55-31-13-18-36-62(55)67(63(56)44-48)60-34-16-11-29-53(60)54-30-12-17-35-61(54)67/h1-44H. The van der Waals surface area contributed by atoms with Crippen LogP contribution in [0.15, 0.2) is 267 Å². The van der Waals surface area contributed by atoms with Crippen LogP contribution in [0.3, 0.4) is 0 Å². The van der Waals surface area contributed by atoms with Gasteiger partial charge in [-0.25, -0.2) is 0 Å². The Morgan fingerprint density at radius 1 is 0.275 bits per heavy atom. The molecule has 2 heteroatoms. The maximum atomic E-state index is 2.52. The highest BCUT2D eigenvalue weighted by Crippen LogP contribution is 2.63. The zero-order chi connectivity index (χ0) is 45.5. The van der Waals surface area contributed by atoms with Crippen molar-refractivity contribution in [3.05, 3.63) is 289 Å². The van der Waals surface area contributed by atoms with Crippen LogP contribution in [0.25, 0.3) is 83.1 Å². The second kappa shape index (κ2) is 15.6. The van der Waals surface area contributed by atoms with Gasteiger partial charge < -0.3 is 9.47 Å². The van der Waals surface area contributed by atoms with Gasteiger partial charge in [0.1, 0.15) is 0 Å². The molecular weight excluding hydrogens is 833 g/mol. The van der Waals surface area contributed by atoms with Crippen molar-refractivity contribution < 1.29 is 0 Å². The largest absolute Gasteiger partial charge is 0.310 e. The van der Waals surface area contributed by atoms with Gasteiger partial charge in [-0.05, 0) is 127 Å². The van der Waals surface area contributed by atoms with Gasteiger partial charge in [0, 0.05) is 33.4 Å². The molecule has 2 aliphatic carbocycles. The molecule has 12 aromatic rings. The average molecular weight is 877 g/mol. The van der Waals surface area contributed by atoms with E-state index in [1.54, 1.807) is 0 Å². The van der Waals surface area contributed by atoms with Crippen LogP contribution < -0.4 is 4.90 Å². The highest BCUT2D eigenvalue weighted by Gasteiger charge is 2.51. The molecule has 1 aromatic heterocycles. The van der Waals surface area contributed by atoms with Crippen LogP contribution in [0.4, 0.5) is 17.1 Å². The van der Waals surface area contributed by atoms with Crippen LogP contribution in [0.5, 0.6) is 0 Å². The molecule has 0 atom stereocenters. The molecule has 0 fully saturated rings. The van der Waals surface area contributed by atoms with Gasteiger partial charge >= 0.3 is 0 Å². The molecule has 322 valence electrons. The summed E-state index contributed by atoms with van der Waals surface area (Å²) in [7, 11) is 0. The van der Waals surface area contributed by atoms with E-state index < -0.39 is 5.41 Å². The molecule has 2 nitrogen and oxygen atoms in total. The van der Waals surface area contributed by atoms with Gasteiger partial charge in [-0.1, -0.05) is 212 Å². The predicted octanol–water partition coefficient (Wildman–Crippen LogP) is 17.6. The Labute approximate surface area is 402 Å². The number of anilines is 3. The summed E-state index contributed by atoms with van der Waals surface area (Å²) < 4.78 is 2.40. The lowest BCUT2D eigenvalue weighted by Gasteiger charge is -2.33. The van der Waals surface area contributed by atoms with Crippen molar-refractivity contribution >= 4 is 38.9 Å². The lowest BCUT2D eigenvalue weighted by Crippen LogP contribution is -2.26. The lowest BCUT2D eigenvalue weighted by atomic mass is 9.70. The minimum atomic E-state index is -0.485. The number of fused-ring (bicyclic) bond motifs is 13.